The molecule has 0 aliphatic carbocycles. The molecule has 0 aromatic carbocycles. The van der Waals surface area contributed by atoms with Crippen molar-refractivity contribution in [3.8, 4) is 0 Å². The van der Waals surface area contributed by atoms with E-state index in [4.69, 9.17) is 0 Å². The van der Waals surface area contributed by atoms with Crippen LogP contribution in [0, 0.1) is 0 Å². The maximum Gasteiger partial charge on any atom is 0.252 e. The molecule has 62 valence electrons. The van der Waals surface area contributed by atoms with Gasteiger partial charge >= 0.3 is 0 Å². The summed E-state index contributed by atoms with van der Waals surface area (Å²) in [7, 11) is -7.97. The van der Waals surface area contributed by atoms with Crippen LogP contribution in [0.5, 0.6) is 0 Å². The van der Waals surface area contributed by atoms with Gasteiger partial charge in [0.05, 0.1) is 0 Å². The van der Waals surface area contributed by atoms with Crippen LogP contribution in [0.4, 0.5) is 4.48 Å². The normalized spacial score (nSPS) is 13.4. The second kappa shape index (κ2) is 2.81. The van der Waals surface area contributed by atoms with Gasteiger partial charge in [0.15, 0.2) is 14.9 Å². The van der Waals surface area contributed by atoms with Crippen LogP contribution in [-0.4, -0.2) is 28.2 Å². The van der Waals surface area contributed by atoms with Gasteiger partial charge in [-0.05, 0) is 4.94 Å². The number of sulfonamides is 1. The average molecular weight is 191 g/mol. The van der Waals surface area contributed by atoms with Gasteiger partial charge in [-0.3, -0.25) is 0 Å². The highest BCUT2D eigenvalue weighted by atomic mass is 32.3. The quantitative estimate of drug-likeness (QED) is 0.568. The first kappa shape index (κ1) is 9.79. The van der Waals surface area contributed by atoms with E-state index in [2.05, 4.69) is 0 Å². The minimum atomic E-state index is -4.28. The second-order valence-corrected chi connectivity index (χ2v) is 5.91. The van der Waals surface area contributed by atoms with Crippen molar-refractivity contribution in [2.75, 3.05) is 11.3 Å². The van der Waals surface area contributed by atoms with E-state index in [1.54, 1.807) is 0 Å². The van der Waals surface area contributed by atoms with Crippen molar-refractivity contribution in [2.24, 2.45) is 0 Å². The highest BCUT2D eigenvalue weighted by Crippen LogP contribution is 1.90. The first-order valence-electron chi connectivity index (χ1n) is 2.05. The largest absolute Gasteiger partial charge is 0.252 e. The van der Waals surface area contributed by atoms with E-state index in [0.29, 0.717) is 11.2 Å². The summed E-state index contributed by atoms with van der Waals surface area (Å²) in [6.07, 6.45) is 0.696. The monoisotopic (exact) mass is 191 g/mol. The predicted molar refractivity (Wildman–Crippen MR) is 32.9 cm³/mol. The first-order valence-corrected chi connectivity index (χ1v) is 5.76. The van der Waals surface area contributed by atoms with Gasteiger partial charge < -0.3 is 0 Å². The van der Waals surface area contributed by atoms with Gasteiger partial charge in [0.2, 0.25) is 0 Å². The lowest BCUT2D eigenvalue weighted by molar-refractivity contribution is 0.427. The Morgan fingerprint density at radius 3 is 1.80 bits per heavy atom. The molecule has 0 amide bonds. The summed E-state index contributed by atoms with van der Waals surface area (Å²) in [4.78, 5) is 0.391. The molecule has 0 unspecified atom stereocenters. The average Bonchev–Trinajstić information content (AvgIpc) is 1.60. The molecule has 0 fully saturated rings. The van der Waals surface area contributed by atoms with E-state index < -0.39 is 24.9 Å². The second-order valence-electron chi connectivity index (χ2n) is 1.74. The molecule has 10 heavy (non-hydrogen) atoms. The topological polar surface area (TPSA) is 80.3 Å². The zero-order valence-corrected chi connectivity index (χ0v) is 6.67. The molecular weight excluding hydrogens is 185 g/mol. The third-order valence-corrected chi connectivity index (χ3v) is 3.68. The molecule has 5 nitrogen and oxygen atoms in total. The molecule has 0 aliphatic rings. The summed E-state index contributed by atoms with van der Waals surface area (Å²) in [6, 6.07) is 0. The Morgan fingerprint density at radius 2 is 1.70 bits per heavy atom. The standard InChI is InChI=1S/C2H6FNO4S2/c1-9(5,6)2-10(7,8)4-3/h4H,2H2,1H3. The Bertz CT molecular complexity index is 289. The fraction of sp³-hybridized carbons (Fsp3) is 1.00. The van der Waals surface area contributed by atoms with E-state index in [0.717, 1.165) is 0 Å². The van der Waals surface area contributed by atoms with Gasteiger partial charge in [0.1, 0.15) is 0 Å². The molecule has 0 radical (unpaired) electrons. The number of hydrogen-bond acceptors (Lipinski definition) is 4. The van der Waals surface area contributed by atoms with Crippen LogP contribution >= 0.6 is 0 Å². The third kappa shape index (κ3) is 4.65. The zero-order valence-electron chi connectivity index (χ0n) is 5.03. The molecular formula is C2H6FNO4S2. The summed E-state index contributed by atoms with van der Waals surface area (Å²) in [5.74, 6) is 0. The van der Waals surface area contributed by atoms with Gasteiger partial charge in [-0.1, -0.05) is 0 Å². The first-order chi connectivity index (χ1) is 4.27. The number of sulfone groups is 1. The Labute approximate surface area is 58.1 Å². The number of hydrogen-bond donors (Lipinski definition) is 1. The Kier molecular flexibility index (Phi) is 2.75. The van der Waals surface area contributed by atoms with Crippen molar-refractivity contribution in [1.82, 2.24) is 4.94 Å². The van der Waals surface area contributed by atoms with Gasteiger partial charge in [-0.2, -0.15) is 0 Å². The fourth-order valence-corrected chi connectivity index (χ4v) is 2.74. The van der Waals surface area contributed by atoms with Crippen LogP contribution in [0.1, 0.15) is 0 Å². The van der Waals surface area contributed by atoms with Crippen LogP contribution in [0.15, 0.2) is 0 Å². The van der Waals surface area contributed by atoms with Crippen LogP contribution in [0.2, 0.25) is 0 Å². The Hall–Kier alpha value is -0.210. The lowest BCUT2D eigenvalue weighted by Gasteiger charge is -1.94. The highest BCUT2D eigenvalue weighted by molar-refractivity contribution is 8.06. The number of nitrogens with one attached hydrogen (secondary N) is 1. The SMILES string of the molecule is CS(=O)(=O)CS(=O)(=O)NF. The fourth-order valence-electron chi connectivity index (χ4n) is 0.304. The molecule has 0 aliphatic heterocycles. The van der Waals surface area contributed by atoms with Crippen molar-refractivity contribution in [3.63, 3.8) is 0 Å². The lowest BCUT2D eigenvalue weighted by atomic mass is 11.9. The van der Waals surface area contributed by atoms with E-state index in [-0.39, 0.29) is 0 Å². The van der Waals surface area contributed by atoms with Crippen LogP contribution in [-0.2, 0) is 19.9 Å². The zero-order chi connectivity index (χ0) is 8.41. The van der Waals surface area contributed by atoms with Gasteiger partial charge in [-0.15, -0.1) is 4.48 Å². The van der Waals surface area contributed by atoms with Crippen LogP contribution in [0.25, 0.3) is 0 Å². The number of halogens is 1. The third-order valence-electron chi connectivity index (χ3n) is 0.487. The van der Waals surface area contributed by atoms with E-state index in [1.165, 1.54) is 0 Å². The molecule has 0 heterocycles. The van der Waals surface area contributed by atoms with E-state index >= 15 is 0 Å². The van der Waals surface area contributed by atoms with Gasteiger partial charge in [0.25, 0.3) is 10.0 Å². The van der Waals surface area contributed by atoms with Crippen molar-refractivity contribution >= 4 is 19.9 Å². The minimum absolute atomic E-state index is 0.391. The molecule has 0 atom stereocenters. The van der Waals surface area contributed by atoms with Crippen molar-refractivity contribution in [2.45, 2.75) is 0 Å². The van der Waals surface area contributed by atoms with Crippen molar-refractivity contribution in [1.29, 1.82) is 0 Å². The molecule has 8 heteroatoms. The molecule has 0 spiro atoms. The molecule has 0 aromatic rings. The lowest BCUT2D eigenvalue weighted by Crippen LogP contribution is -2.23. The van der Waals surface area contributed by atoms with E-state index in [9.17, 15) is 21.3 Å². The molecule has 0 saturated heterocycles. The smallest absolute Gasteiger partial charge is 0.228 e. The Balaban J connectivity index is 4.49. The highest BCUT2D eigenvalue weighted by Gasteiger charge is 2.16. The molecule has 0 aromatic heterocycles. The molecule has 1 N–H and O–H groups in total. The van der Waals surface area contributed by atoms with Gasteiger partial charge in [-0.25, -0.2) is 16.8 Å². The van der Waals surface area contributed by atoms with Crippen molar-refractivity contribution in [3.05, 3.63) is 0 Å². The van der Waals surface area contributed by atoms with Crippen molar-refractivity contribution < 1.29 is 21.3 Å². The summed E-state index contributed by atoms with van der Waals surface area (Å²) in [5.41, 5.74) is 0. The van der Waals surface area contributed by atoms with Crippen LogP contribution in [0.3, 0.4) is 0 Å². The summed E-state index contributed by atoms with van der Waals surface area (Å²) in [5, 5.41) is -1.23. The summed E-state index contributed by atoms with van der Waals surface area (Å²) >= 11 is 0. The molecule has 0 saturated carbocycles. The van der Waals surface area contributed by atoms with Crippen LogP contribution < -0.4 is 4.94 Å². The molecule has 0 bridgehead atoms. The summed E-state index contributed by atoms with van der Waals surface area (Å²) < 4.78 is 51.9. The minimum Gasteiger partial charge on any atom is -0.228 e. The van der Waals surface area contributed by atoms with Gasteiger partial charge in [0, 0.05) is 6.26 Å². The summed E-state index contributed by atoms with van der Waals surface area (Å²) in [6.45, 7) is 0. The maximum absolute atomic E-state index is 11.2. The Morgan fingerprint density at radius 1 is 1.30 bits per heavy atom. The molecule has 0 rings (SSSR count). The number of rotatable bonds is 3. The predicted octanol–water partition coefficient (Wildman–Crippen LogP) is -1.21. The maximum atomic E-state index is 11.2. The van der Waals surface area contributed by atoms with E-state index in [1.807, 2.05) is 0 Å².